The molecule has 1 heterocycles. The Morgan fingerprint density at radius 1 is 1.12 bits per heavy atom. The standard InChI is InChI=1S/C19H20FN3O2S/c1-13-7-8-17(11-14(13)2)26(24,25)22-18(19-21-9-10-23(19)3)15-5-4-6-16(20)12-15/h4-12,18,22H,1-3H3/t18-/m1/s1. The summed E-state index contributed by atoms with van der Waals surface area (Å²) in [4.78, 5) is 4.41. The van der Waals surface area contributed by atoms with Crippen LogP contribution < -0.4 is 4.72 Å². The van der Waals surface area contributed by atoms with Gasteiger partial charge in [-0.25, -0.2) is 17.8 Å². The third-order valence-electron chi connectivity index (χ3n) is 4.36. The van der Waals surface area contributed by atoms with Gasteiger partial charge >= 0.3 is 0 Å². The van der Waals surface area contributed by atoms with Gasteiger partial charge in [-0.05, 0) is 54.8 Å². The van der Waals surface area contributed by atoms with Crippen LogP contribution >= 0.6 is 0 Å². The molecule has 0 fully saturated rings. The monoisotopic (exact) mass is 373 g/mol. The third kappa shape index (κ3) is 3.68. The Morgan fingerprint density at radius 3 is 2.50 bits per heavy atom. The molecule has 7 heteroatoms. The molecule has 3 aromatic rings. The van der Waals surface area contributed by atoms with Gasteiger partial charge in [0, 0.05) is 19.4 Å². The maximum Gasteiger partial charge on any atom is 0.241 e. The highest BCUT2D eigenvalue weighted by Crippen LogP contribution is 2.24. The molecule has 26 heavy (non-hydrogen) atoms. The molecular weight excluding hydrogens is 353 g/mol. The lowest BCUT2D eigenvalue weighted by molar-refractivity contribution is 0.560. The van der Waals surface area contributed by atoms with E-state index in [1.165, 1.54) is 12.1 Å². The van der Waals surface area contributed by atoms with Gasteiger partial charge in [-0.3, -0.25) is 0 Å². The molecule has 5 nitrogen and oxygen atoms in total. The van der Waals surface area contributed by atoms with E-state index in [-0.39, 0.29) is 4.90 Å². The number of imidazole rings is 1. The molecule has 0 aliphatic carbocycles. The van der Waals surface area contributed by atoms with E-state index in [1.54, 1.807) is 54.3 Å². The van der Waals surface area contributed by atoms with Gasteiger partial charge in [0.1, 0.15) is 17.7 Å². The molecule has 0 unspecified atom stereocenters. The fourth-order valence-corrected chi connectivity index (χ4v) is 3.98. The van der Waals surface area contributed by atoms with Crippen molar-refractivity contribution in [1.29, 1.82) is 0 Å². The molecule has 0 saturated carbocycles. The number of benzene rings is 2. The van der Waals surface area contributed by atoms with E-state index >= 15 is 0 Å². The summed E-state index contributed by atoms with van der Waals surface area (Å²) in [6, 6.07) is 9.99. The van der Waals surface area contributed by atoms with E-state index in [0.717, 1.165) is 11.1 Å². The summed E-state index contributed by atoms with van der Waals surface area (Å²) in [5.41, 5.74) is 2.37. The van der Waals surface area contributed by atoms with Crippen molar-refractivity contribution in [1.82, 2.24) is 14.3 Å². The zero-order chi connectivity index (χ0) is 18.9. The van der Waals surface area contributed by atoms with E-state index in [1.807, 2.05) is 13.8 Å². The van der Waals surface area contributed by atoms with Crippen molar-refractivity contribution in [3.8, 4) is 0 Å². The molecule has 0 aliphatic rings. The smallest absolute Gasteiger partial charge is 0.241 e. The predicted octanol–water partition coefficient (Wildman–Crippen LogP) is 3.24. The Morgan fingerprint density at radius 2 is 1.88 bits per heavy atom. The van der Waals surface area contributed by atoms with Gasteiger partial charge in [0.25, 0.3) is 0 Å². The molecule has 0 amide bonds. The summed E-state index contributed by atoms with van der Waals surface area (Å²) in [5, 5.41) is 0. The second-order valence-electron chi connectivity index (χ2n) is 6.25. The Bertz CT molecular complexity index is 1040. The highest BCUT2D eigenvalue weighted by Gasteiger charge is 2.26. The summed E-state index contributed by atoms with van der Waals surface area (Å²) < 4.78 is 43.9. The van der Waals surface area contributed by atoms with Gasteiger partial charge in [-0.2, -0.15) is 4.72 Å². The lowest BCUT2D eigenvalue weighted by Gasteiger charge is -2.19. The van der Waals surface area contributed by atoms with Gasteiger partial charge in [-0.15, -0.1) is 0 Å². The molecule has 3 rings (SSSR count). The first-order valence-corrected chi connectivity index (χ1v) is 9.58. The number of hydrogen-bond donors (Lipinski definition) is 1. The van der Waals surface area contributed by atoms with Crippen molar-refractivity contribution < 1.29 is 12.8 Å². The number of nitrogens with one attached hydrogen (secondary N) is 1. The molecule has 1 N–H and O–H groups in total. The Kier molecular flexibility index (Phi) is 4.93. The van der Waals surface area contributed by atoms with Crippen LogP contribution in [-0.4, -0.2) is 18.0 Å². The molecule has 0 saturated heterocycles. The maximum atomic E-state index is 13.7. The van der Waals surface area contributed by atoms with E-state index in [2.05, 4.69) is 9.71 Å². The summed E-state index contributed by atoms with van der Waals surface area (Å²) in [6.07, 6.45) is 3.29. The minimum atomic E-state index is -3.83. The SMILES string of the molecule is Cc1ccc(S(=O)(=O)N[C@H](c2cccc(F)c2)c2nccn2C)cc1C. The second-order valence-corrected chi connectivity index (χ2v) is 7.97. The number of halogens is 1. The number of hydrogen-bond acceptors (Lipinski definition) is 3. The highest BCUT2D eigenvalue weighted by atomic mass is 32.2. The average Bonchev–Trinajstić information content (AvgIpc) is 3.01. The number of sulfonamides is 1. The normalized spacial score (nSPS) is 12.9. The van der Waals surface area contributed by atoms with E-state index in [4.69, 9.17) is 0 Å². The Labute approximate surface area is 152 Å². The van der Waals surface area contributed by atoms with Gasteiger partial charge in [0.2, 0.25) is 10.0 Å². The van der Waals surface area contributed by atoms with Crippen LogP contribution in [0.3, 0.4) is 0 Å². The van der Waals surface area contributed by atoms with Crippen molar-refractivity contribution in [2.45, 2.75) is 24.8 Å². The number of rotatable bonds is 5. The van der Waals surface area contributed by atoms with Crippen LogP contribution in [-0.2, 0) is 17.1 Å². The summed E-state index contributed by atoms with van der Waals surface area (Å²) in [7, 11) is -2.07. The fraction of sp³-hybridized carbons (Fsp3) is 0.211. The van der Waals surface area contributed by atoms with Gasteiger partial charge in [-0.1, -0.05) is 18.2 Å². The van der Waals surface area contributed by atoms with Crippen LogP contribution in [0.2, 0.25) is 0 Å². The summed E-state index contributed by atoms with van der Waals surface area (Å²) in [6.45, 7) is 3.78. The Balaban J connectivity index is 2.05. The number of aromatic nitrogens is 2. The minimum absolute atomic E-state index is 0.163. The second kappa shape index (κ2) is 7.01. The molecule has 1 atom stereocenters. The highest BCUT2D eigenvalue weighted by molar-refractivity contribution is 7.89. The van der Waals surface area contributed by atoms with Crippen molar-refractivity contribution in [2.75, 3.05) is 0 Å². The molecule has 0 aliphatic heterocycles. The predicted molar refractivity (Wildman–Crippen MR) is 97.7 cm³/mol. The zero-order valence-electron chi connectivity index (χ0n) is 14.8. The molecule has 1 aromatic heterocycles. The van der Waals surface area contributed by atoms with Gasteiger partial charge in [0.15, 0.2) is 0 Å². The van der Waals surface area contributed by atoms with Crippen LogP contribution in [0.15, 0.2) is 59.8 Å². The van der Waals surface area contributed by atoms with Crippen LogP contribution in [0.5, 0.6) is 0 Å². The number of aryl methyl sites for hydroxylation is 3. The van der Waals surface area contributed by atoms with Crippen LogP contribution in [0, 0.1) is 19.7 Å². The van der Waals surface area contributed by atoms with Crippen molar-refractivity contribution in [3.63, 3.8) is 0 Å². The number of nitrogens with zero attached hydrogens (tertiary/aromatic N) is 2. The van der Waals surface area contributed by atoms with Crippen LogP contribution in [0.4, 0.5) is 4.39 Å². The minimum Gasteiger partial charge on any atom is -0.336 e. The molecule has 136 valence electrons. The Hall–Kier alpha value is -2.51. The molecule has 0 radical (unpaired) electrons. The average molecular weight is 373 g/mol. The first kappa shape index (κ1) is 18.3. The first-order chi connectivity index (χ1) is 12.3. The quantitative estimate of drug-likeness (QED) is 0.747. The molecule has 2 aromatic carbocycles. The van der Waals surface area contributed by atoms with Gasteiger partial charge < -0.3 is 4.57 Å². The van der Waals surface area contributed by atoms with Crippen molar-refractivity contribution in [3.05, 3.63) is 83.2 Å². The van der Waals surface area contributed by atoms with E-state index in [0.29, 0.717) is 11.4 Å². The molecule has 0 spiro atoms. The first-order valence-electron chi connectivity index (χ1n) is 8.10. The summed E-state index contributed by atoms with van der Waals surface area (Å²) >= 11 is 0. The fourth-order valence-electron chi connectivity index (χ4n) is 2.72. The van der Waals surface area contributed by atoms with Gasteiger partial charge in [0.05, 0.1) is 4.90 Å². The largest absolute Gasteiger partial charge is 0.336 e. The lowest BCUT2D eigenvalue weighted by atomic mass is 10.1. The molecule has 0 bridgehead atoms. The maximum absolute atomic E-state index is 13.7. The topological polar surface area (TPSA) is 64.0 Å². The summed E-state index contributed by atoms with van der Waals surface area (Å²) in [5.74, 6) is 0.0371. The molecular formula is C19H20FN3O2S. The van der Waals surface area contributed by atoms with E-state index in [9.17, 15) is 12.8 Å². The van der Waals surface area contributed by atoms with Crippen LogP contribution in [0.1, 0.15) is 28.6 Å². The zero-order valence-corrected chi connectivity index (χ0v) is 15.6. The van der Waals surface area contributed by atoms with E-state index < -0.39 is 21.9 Å². The third-order valence-corrected chi connectivity index (χ3v) is 5.78. The van der Waals surface area contributed by atoms with Crippen molar-refractivity contribution in [2.24, 2.45) is 7.05 Å². The lowest BCUT2D eigenvalue weighted by Crippen LogP contribution is -2.31. The van der Waals surface area contributed by atoms with Crippen molar-refractivity contribution >= 4 is 10.0 Å². The van der Waals surface area contributed by atoms with Crippen LogP contribution in [0.25, 0.3) is 0 Å².